The predicted octanol–water partition coefficient (Wildman–Crippen LogP) is 5.16. The summed E-state index contributed by atoms with van der Waals surface area (Å²) in [7, 11) is 1.29. The quantitative estimate of drug-likeness (QED) is 0.198. The maximum Gasteiger partial charge on any atom is 0.343 e. The van der Waals surface area contributed by atoms with E-state index in [4.69, 9.17) is 11.6 Å². The third kappa shape index (κ3) is 5.34. The Hall–Kier alpha value is -4.46. The number of anilines is 1. The van der Waals surface area contributed by atoms with Crippen molar-refractivity contribution < 1.29 is 22.8 Å². The van der Waals surface area contributed by atoms with Gasteiger partial charge < -0.3 is 5.32 Å². The number of hydrogen-bond donors (Lipinski definition) is 2. The third-order valence-corrected chi connectivity index (χ3v) is 7.70. The Morgan fingerprint density at radius 2 is 1.73 bits per heavy atom. The highest BCUT2D eigenvalue weighted by molar-refractivity contribution is 7.22. The Kier molecular flexibility index (Phi) is 7.92. The minimum absolute atomic E-state index is 0.0455. The standard InChI is InChI=1S/C27H19ClF3N5O4S/c1-40-34-26(38)33-16-8-5-14(6-9-16)23-17(11-28)22-24(37)36(21-10-7-15(29)12-32-21)27(39)35(25(22)41-23)13-18-19(30)3-2-4-20(18)31/h2-10,12H,11,13H2,1H3,(H2,33,34,38). The Labute approximate surface area is 238 Å². The average Bonchev–Trinajstić information content (AvgIpc) is 3.34. The van der Waals surface area contributed by atoms with Gasteiger partial charge in [-0.2, -0.15) is 0 Å². The lowest BCUT2D eigenvalue weighted by molar-refractivity contribution is 0.114. The van der Waals surface area contributed by atoms with Crippen LogP contribution >= 0.6 is 22.9 Å². The first-order chi connectivity index (χ1) is 19.7. The molecule has 0 aliphatic heterocycles. The van der Waals surface area contributed by atoms with Crippen molar-refractivity contribution in [2.45, 2.75) is 12.4 Å². The number of hydroxylamine groups is 1. The number of carbonyl (C=O) groups is 1. The van der Waals surface area contributed by atoms with Gasteiger partial charge >= 0.3 is 11.7 Å². The highest BCUT2D eigenvalue weighted by Gasteiger charge is 2.25. The van der Waals surface area contributed by atoms with E-state index in [0.29, 0.717) is 26.3 Å². The third-order valence-electron chi connectivity index (χ3n) is 6.12. The lowest BCUT2D eigenvalue weighted by Crippen LogP contribution is -2.39. The number of alkyl halides is 1. The van der Waals surface area contributed by atoms with Gasteiger partial charge in [-0.3, -0.25) is 14.2 Å². The zero-order chi connectivity index (χ0) is 29.3. The van der Waals surface area contributed by atoms with Gasteiger partial charge in [0, 0.05) is 27.6 Å². The number of thiophene rings is 1. The Morgan fingerprint density at radius 1 is 1.02 bits per heavy atom. The van der Waals surface area contributed by atoms with E-state index in [2.05, 4.69) is 20.6 Å². The molecular weight excluding hydrogens is 583 g/mol. The molecule has 3 aromatic heterocycles. The number of fused-ring (bicyclic) bond motifs is 1. The molecule has 210 valence electrons. The monoisotopic (exact) mass is 601 g/mol. The van der Waals surface area contributed by atoms with Crippen molar-refractivity contribution in [2.24, 2.45) is 0 Å². The molecule has 0 saturated heterocycles. The number of aromatic nitrogens is 3. The zero-order valence-corrected chi connectivity index (χ0v) is 22.7. The fraction of sp³-hybridized carbons (Fsp3) is 0.111. The first-order valence-corrected chi connectivity index (χ1v) is 13.2. The molecule has 0 spiro atoms. The number of pyridine rings is 1. The maximum atomic E-state index is 14.7. The molecule has 0 aliphatic rings. The Morgan fingerprint density at radius 3 is 2.34 bits per heavy atom. The number of hydrogen-bond acceptors (Lipinski definition) is 6. The predicted molar refractivity (Wildman–Crippen MR) is 149 cm³/mol. The van der Waals surface area contributed by atoms with Crippen LogP contribution in [0.3, 0.4) is 0 Å². The van der Waals surface area contributed by atoms with Gasteiger partial charge in [0.05, 0.1) is 25.2 Å². The summed E-state index contributed by atoms with van der Waals surface area (Å²) in [6.45, 7) is -0.547. The molecule has 2 amide bonds. The van der Waals surface area contributed by atoms with E-state index in [1.165, 1.54) is 13.2 Å². The summed E-state index contributed by atoms with van der Waals surface area (Å²) in [5, 5.41) is 2.61. The van der Waals surface area contributed by atoms with Crippen LogP contribution in [0.2, 0.25) is 0 Å². The van der Waals surface area contributed by atoms with Crippen LogP contribution in [0.1, 0.15) is 11.1 Å². The molecule has 2 aromatic carbocycles. The summed E-state index contributed by atoms with van der Waals surface area (Å²) < 4.78 is 44.7. The molecule has 41 heavy (non-hydrogen) atoms. The lowest BCUT2D eigenvalue weighted by Gasteiger charge is -2.13. The molecular formula is C27H19ClF3N5O4S. The molecule has 0 aliphatic carbocycles. The molecule has 0 unspecified atom stereocenters. The van der Waals surface area contributed by atoms with Crippen LogP contribution in [-0.4, -0.2) is 27.3 Å². The van der Waals surface area contributed by atoms with E-state index >= 15 is 0 Å². The van der Waals surface area contributed by atoms with Crippen LogP contribution in [0.25, 0.3) is 26.5 Å². The number of nitrogens with one attached hydrogen (secondary N) is 2. The van der Waals surface area contributed by atoms with Crippen molar-refractivity contribution in [3.63, 3.8) is 0 Å². The zero-order valence-electron chi connectivity index (χ0n) is 21.1. The van der Waals surface area contributed by atoms with Gasteiger partial charge in [-0.1, -0.05) is 18.2 Å². The van der Waals surface area contributed by atoms with Crippen LogP contribution < -0.4 is 22.0 Å². The van der Waals surface area contributed by atoms with Gasteiger partial charge in [-0.25, -0.2) is 37.8 Å². The second-order valence-corrected chi connectivity index (χ2v) is 9.87. The number of nitrogens with zero attached hydrogens (tertiary/aromatic N) is 3. The maximum absolute atomic E-state index is 14.7. The second-order valence-electron chi connectivity index (χ2n) is 8.61. The van der Waals surface area contributed by atoms with E-state index in [1.807, 2.05) is 0 Å². The van der Waals surface area contributed by atoms with Crippen LogP contribution in [0.5, 0.6) is 0 Å². The van der Waals surface area contributed by atoms with Gasteiger partial charge in [0.1, 0.15) is 28.1 Å². The van der Waals surface area contributed by atoms with E-state index in [0.717, 1.165) is 46.4 Å². The smallest absolute Gasteiger partial charge is 0.306 e. The van der Waals surface area contributed by atoms with Crippen LogP contribution in [0.4, 0.5) is 23.7 Å². The summed E-state index contributed by atoms with van der Waals surface area (Å²) in [6.07, 6.45) is 0.844. The Balaban J connectivity index is 1.75. The molecule has 0 saturated carbocycles. The van der Waals surface area contributed by atoms with E-state index in [1.54, 1.807) is 24.3 Å². The summed E-state index contributed by atoms with van der Waals surface area (Å²) in [5.41, 5.74) is 1.44. The van der Waals surface area contributed by atoms with Gasteiger partial charge in [-0.15, -0.1) is 22.9 Å². The van der Waals surface area contributed by atoms with Crippen molar-refractivity contribution in [3.05, 3.63) is 110 Å². The van der Waals surface area contributed by atoms with Crippen molar-refractivity contribution in [3.8, 4) is 16.3 Å². The molecule has 0 bridgehead atoms. The fourth-order valence-electron chi connectivity index (χ4n) is 4.27. The first kappa shape index (κ1) is 28.1. The summed E-state index contributed by atoms with van der Waals surface area (Å²) in [5.74, 6) is -2.77. The number of benzene rings is 2. The second kappa shape index (κ2) is 11.6. The SMILES string of the molecule is CONC(=O)Nc1ccc(-c2sc3c(c2CCl)c(=O)n(-c2ccc(F)cn2)c(=O)n3Cc2c(F)cccc2F)cc1. The number of carbonyl (C=O) groups excluding carboxylic acids is 1. The van der Waals surface area contributed by atoms with Gasteiger partial charge in [0.25, 0.3) is 5.56 Å². The fourth-order valence-corrected chi connectivity index (χ4v) is 5.92. The number of amides is 2. The van der Waals surface area contributed by atoms with E-state index in [9.17, 15) is 27.6 Å². The summed E-state index contributed by atoms with van der Waals surface area (Å²) in [4.78, 5) is 48.4. The molecule has 5 aromatic rings. The molecule has 2 N–H and O–H groups in total. The van der Waals surface area contributed by atoms with Gasteiger partial charge in [0.2, 0.25) is 0 Å². The van der Waals surface area contributed by atoms with Crippen LogP contribution in [-0.2, 0) is 17.3 Å². The molecule has 0 radical (unpaired) electrons. The Bertz CT molecular complexity index is 1870. The largest absolute Gasteiger partial charge is 0.343 e. The van der Waals surface area contributed by atoms with E-state index < -0.39 is 41.3 Å². The topological polar surface area (TPSA) is 107 Å². The molecule has 5 rings (SSSR count). The lowest BCUT2D eigenvalue weighted by atomic mass is 10.1. The minimum atomic E-state index is -0.929. The highest BCUT2D eigenvalue weighted by atomic mass is 35.5. The number of urea groups is 1. The number of rotatable bonds is 7. The van der Waals surface area contributed by atoms with Crippen molar-refractivity contribution in [1.82, 2.24) is 19.6 Å². The van der Waals surface area contributed by atoms with Crippen molar-refractivity contribution >= 4 is 44.9 Å². The molecule has 0 fully saturated rings. The van der Waals surface area contributed by atoms with Gasteiger partial charge in [0.15, 0.2) is 0 Å². The molecule has 14 heteroatoms. The average molecular weight is 602 g/mol. The summed E-state index contributed by atoms with van der Waals surface area (Å²) in [6, 6.07) is 11.5. The van der Waals surface area contributed by atoms with E-state index in [-0.39, 0.29) is 27.5 Å². The van der Waals surface area contributed by atoms with Crippen molar-refractivity contribution in [2.75, 3.05) is 12.4 Å². The van der Waals surface area contributed by atoms with Crippen molar-refractivity contribution in [1.29, 1.82) is 0 Å². The van der Waals surface area contributed by atoms with Crippen LogP contribution in [0, 0.1) is 17.5 Å². The molecule has 3 heterocycles. The summed E-state index contributed by atoms with van der Waals surface area (Å²) >= 11 is 7.38. The van der Waals surface area contributed by atoms with Crippen LogP contribution in [0.15, 0.2) is 70.4 Å². The first-order valence-electron chi connectivity index (χ1n) is 11.9. The minimum Gasteiger partial charge on any atom is -0.306 e. The molecule has 9 nitrogen and oxygen atoms in total. The van der Waals surface area contributed by atoms with Gasteiger partial charge in [-0.05, 0) is 42.0 Å². The normalized spacial score (nSPS) is 11.1. The highest BCUT2D eigenvalue weighted by Crippen LogP contribution is 2.38. The molecule has 0 atom stereocenters. The number of halogens is 4.